The molecule has 2 heterocycles. The van der Waals surface area contributed by atoms with Crippen LogP contribution in [0.1, 0.15) is 31.2 Å². The van der Waals surface area contributed by atoms with Gasteiger partial charge in [0.1, 0.15) is 0 Å². The Labute approximate surface area is 103 Å². The highest BCUT2D eigenvalue weighted by atomic mass is 16.5. The maximum Gasteiger partial charge on any atom is 0.0624 e. The van der Waals surface area contributed by atoms with Crippen LogP contribution in [0.15, 0.2) is 6.07 Å². The summed E-state index contributed by atoms with van der Waals surface area (Å²) in [6.07, 6.45) is 4.13. The fraction of sp³-hybridized carbons (Fsp3) is 0.769. The summed E-state index contributed by atoms with van der Waals surface area (Å²) in [6, 6.07) is 2.40. The number of aryl methyl sites for hydroxylation is 2. The van der Waals surface area contributed by atoms with Crippen LogP contribution in [0.2, 0.25) is 0 Å². The predicted molar refractivity (Wildman–Crippen MR) is 67.8 cm³/mol. The van der Waals surface area contributed by atoms with E-state index in [1.165, 1.54) is 12.1 Å². The van der Waals surface area contributed by atoms with Crippen LogP contribution in [0.25, 0.3) is 0 Å². The summed E-state index contributed by atoms with van der Waals surface area (Å²) in [5.41, 5.74) is 8.60. The van der Waals surface area contributed by atoms with Crippen LogP contribution in [-0.2, 0) is 24.6 Å². The maximum absolute atomic E-state index is 6.21. The zero-order valence-corrected chi connectivity index (χ0v) is 10.9. The van der Waals surface area contributed by atoms with Crippen LogP contribution >= 0.6 is 0 Å². The molecule has 2 unspecified atom stereocenters. The largest absolute Gasteiger partial charge is 0.381 e. The molecule has 0 aliphatic carbocycles. The van der Waals surface area contributed by atoms with Gasteiger partial charge in [-0.1, -0.05) is 6.92 Å². The molecule has 2 N–H and O–H groups in total. The molecule has 4 heteroatoms. The maximum atomic E-state index is 6.21. The van der Waals surface area contributed by atoms with E-state index in [1.54, 1.807) is 0 Å². The van der Waals surface area contributed by atoms with Gasteiger partial charge in [0.05, 0.1) is 5.69 Å². The molecule has 1 saturated heterocycles. The van der Waals surface area contributed by atoms with Gasteiger partial charge in [-0.2, -0.15) is 5.10 Å². The average Bonchev–Trinajstić information content (AvgIpc) is 2.89. The molecule has 0 amide bonds. The first-order valence-electron chi connectivity index (χ1n) is 6.54. The van der Waals surface area contributed by atoms with Crippen molar-refractivity contribution in [1.82, 2.24) is 9.78 Å². The average molecular weight is 237 g/mol. The minimum atomic E-state index is 0.224. The standard InChI is InChI=1S/C13H23N3O/c1-3-12-8-13(16(2)15-12)7-11(14)6-10-4-5-17-9-10/h8,10-11H,3-7,9,14H2,1-2H3. The Balaban J connectivity index is 1.87. The molecule has 2 atom stereocenters. The SMILES string of the molecule is CCc1cc(CC(N)CC2CCOC2)n(C)n1. The molecule has 0 spiro atoms. The topological polar surface area (TPSA) is 53.1 Å². The number of nitrogens with two attached hydrogens (primary N) is 1. The summed E-state index contributed by atoms with van der Waals surface area (Å²) < 4.78 is 7.34. The highest BCUT2D eigenvalue weighted by Gasteiger charge is 2.19. The van der Waals surface area contributed by atoms with Crippen molar-refractivity contribution in [2.75, 3.05) is 13.2 Å². The molecule has 4 nitrogen and oxygen atoms in total. The molecule has 1 fully saturated rings. The molecular weight excluding hydrogens is 214 g/mol. The molecule has 1 aromatic rings. The second-order valence-electron chi connectivity index (χ2n) is 5.03. The van der Waals surface area contributed by atoms with Crippen LogP contribution in [0.3, 0.4) is 0 Å². The van der Waals surface area contributed by atoms with Gasteiger partial charge < -0.3 is 10.5 Å². The number of nitrogens with zero attached hydrogens (tertiary/aromatic N) is 2. The summed E-state index contributed by atoms with van der Waals surface area (Å²) >= 11 is 0. The summed E-state index contributed by atoms with van der Waals surface area (Å²) in [7, 11) is 2.00. The molecule has 1 aromatic heterocycles. The Morgan fingerprint density at radius 1 is 1.65 bits per heavy atom. The summed E-state index contributed by atoms with van der Waals surface area (Å²) in [5.74, 6) is 0.656. The second kappa shape index (κ2) is 5.65. The summed E-state index contributed by atoms with van der Waals surface area (Å²) in [6.45, 7) is 3.92. The number of aromatic nitrogens is 2. The molecule has 1 aliphatic heterocycles. The molecule has 1 aliphatic rings. The van der Waals surface area contributed by atoms with Gasteiger partial charge in [-0.25, -0.2) is 0 Å². The Morgan fingerprint density at radius 3 is 3.06 bits per heavy atom. The van der Waals surface area contributed by atoms with E-state index in [1.807, 2.05) is 11.7 Å². The van der Waals surface area contributed by atoms with Crippen LogP contribution < -0.4 is 5.73 Å². The van der Waals surface area contributed by atoms with Crippen molar-refractivity contribution >= 4 is 0 Å². The van der Waals surface area contributed by atoms with Gasteiger partial charge in [0.25, 0.3) is 0 Å². The van der Waals surface area contributed by atoms with E-state index in [2.05, 4.69) is 18.1 Å². The smallest absolute Gasteiger partial charge is 0.0624 e. The first-order chi connectivity index (χ1) is 8.19. The van der Waals surface area contributed by atoms with E-state index in [-0.39, 0.29) is 6.04 Å². The van der Waals surface area contributed by atoms with Crippen LogP contribution in [0.4, 0.5) is 0 Å². The van der Waals surface area contributed by atoms with Crippen molar-refractivity contribution in [3.63, 3.8) is 0 Å². The van der Waals surface area contributed by atoms with E-state index >= 15 is 0 Å². The molecule has 0 aromatic carbocycles. The molecule has 0 saturated carbocycles. The van der Waals surface area contributed by atoms with E-state index in [0.717, 1.165) is 38.2 Å². The van der Waals surface area contributed by atoms with E-state index < -0.39 is 0 Å². The van der Waals surface area contributed by atoms with Crippen molar-refractivity contribution in [3.05, 3.63) is 17.5 Å². The Morgan fingerprint density at radius 2 is 2.47 bits per heavy atom. The van der Waals surface area contributed by atoms with Gasteiger partial charge in [0.2, 0.25) is 0 Å². The third-order valence-corrected chi connectivity index (χ3v) is 3.52. The van der Waals surface area contributed by atoms with Gasteiger partial charge in [-0.05, 0) is 31.2 Å². The van der Waals surface area contributed by atoms with Gasteiger partial charge in [0, 0.05) is 38.4 Å². The van der Waals surface area contributed by atoms with Crippen LogP contribution in [0, 0.1) is 5.92 Å². The van der Waals surface area contributed by atoms with Crippen LogP contribution in [0.5, 0.6) is 0 Å². The van der Waals surface area contributed by atoms with Crippen molar-refractivity contribution in [2.24, 2.45) is 18.7 Å². The Kier molecular flexibility index (Phi) is 4.18. The second-order valence-corrected chi connectivity index (χ2v) is 5.03. The van der Waals surface area contributed by atoms with Crippen LogP contribution in [-0.4, -0.2) is 29.0 Å². The number of hydrogen-bond donors (Lipinski definition) is 1. The Hall–Kier alpha value is -0.870. The molecule has 2 rings (SSSR count). The lowest BCUT2D eigenvalue weighted by atomic mass is 9.97. The minimum Gasteiger partial charge on any atom is -0.381 e. The van der Waals surface area contributed by atoms with E-state index in [0.29, 0.717) is 5.92 Å². The summed E-state index contributed by atoms with van der Waals surface area (Å²) in [5, 5.41) is 4.45. The zero-order chi connectivity index (χ0) is 12.3. The highest BCUT2D eigenvalue weighted by molar-refractivity contribution is 5.11. The van der Waals surface area contributed by atoms with Crippen molar-refractivity contribution in [2.45, 2.75) is 38.6 Å². The molecule has 0 bridgehead atoms. The van der Waals surface area contributed by atoms with Crippen molar-refractivity contribution < 1.29 is 4.74 Å². The van der Waals surface area contributed by atoms with Crippen molar-refractivity contribution in [3.8, 4) is 0 Å². The van der Waals surface area contributed by atoms with Gasteiger partial charge in [0.15, 0.2) is 0 Å². The van der Waals surface area contributed by atoms with E-state index in [4.69, 9.17) is 10.5 Å². The summed E-state index contributed by atoms with van der Waals surface area (Å²) in [4.78, 5) is 0. The first kappa shape index (κ1) is 12.6. The zero-order valence-electron chi connectivity index (χ0n) is 10.9. The first-order valence-corrected chi connectivity index (χ1v) is 6.54. The van der Waals surface area contributed by atoms with Gasteiger partial charge in [-0.15, -0.1) is 0 Å². The monoisotopic (exact) mass is 237 g/mol. The fourth-order valence-electron chi connectivity index (χ4n) is 2.48. The minimum absolute atomic E-state index is 0.224. The van der Waals surface area contributed by atoms with Crippen molar-refractivity contribution in [1.29, 1.82) is 0 Å². The predicted octanol–water partition coefficient (Wildman–Crippen LogP) is 1.28. The molecule has 96 valence electrons. The molecule has 17 heavy (non-hydrogen) atoms. The molecular formula is C13H23N3O. The third kappa shape index (κ3) is 3.30. The molecule has 0 radical (unpaired) electrons. The van der Waals surface area contributed by atoms with E-state index in [9.17, 15) is 0 Å². The normalized spacial score (nSPS) is 21.9. The lowest BCUT2D eigenvalue weighted by Crippen LogP contribution is -2.27. The fourth-order valence-corrected chi connectivity index (χ4v) is 2.48. The van der Waals surface area contributed by atoms with Gasteiger partial charge in [-0.3, -0.25) is 4.68 Å². The Bertz CT molecular complexity index is 356. The highest BCUT2D eigenvalue weighted by Crippen LogP contribution is 2.19. The lowest BCUT2D eigenvalue weighted by molar-refractivity contribution is 0.182. The quantitative estimate of drug-likeness (QED) is 0.839. The lowest BCUT2D eigenvalue weighted by Gasteiger charge is -2.15. The number of ether oxygens (including phenoxy) is 1. The third-order valence-electron chi connectivity index (χ3n) is 3.52. The number of rotatable bonds is 5. The van der Waals surface area contributed by atoms with Gasteiger partial charge >= 0.3 is 0 Å². The number of hydrogen-bond acceptors (Lipinski definition) is 3.